The molecule has 0 aliphatic rings. The third-order valence-electron chi connectivity index (χ3n) is 2.23. The Morgan fingerprint density at radius 1 is 1.56 bits per heavy atom. The second-order valence-electron chi connectivity index (χ2n) is 3.55. The number of nitrogens with one attached hydrogen (secondary N) is 1. The summed E-state index contributed by atoms with van der Waals surface area (Å²) in [5, 5.41) is 15.3. The summed E-state index contributed by atoms with van der Waals surface area (Å²) < 4.78 is 18.1. The Kier molecular flexibility index (Phi) is 3.22. The summed E-state index contributed by atoms with van der Waals surface area (Å²) >= 11 is 0. The van der Waals surface area contributed by atoms with Gasteiger partial charge in [0, 0.05) is 6.92 Å². The fourth-order valence-corrected chi connectivity index (χ4v) is 1.48. The van der Waals surface area contributed by atoms with E-state index in [-0.39, 0.29) is 12.2 Å². The molecule has 2 rings (SSSR count). The first-order valence-electron chi connectivity index (χ1n) is 5.13. The predicted octanol–water partition coefficient (Wildman–Crippen LogP) is 1.83. The number of carbonyl (C=O) groups is 1. The number of aromatic nitrogens is 2. The van der Waals surface area contributed by atoms with Gasteiger partial charge in [0.15, 0.2) is 5.82 Å². The van der Waals surface area contributed by atoms with Crippen molar-refractivity contribution < 1.29 is 18.8 Å². The van der Waals surface area contributed by atoms with E-state index in [4.69, 9.17) is 9.63 Å². The Morgan fingerprint density at radius 2 is 2.33 bits per heavy atom. The molecule has 0 unspecified atom stereocenters. The van der Waals surface area contributed by atoms with Gasteiger partial charge in [0.25, 0.3) is 0 Å². The van der Waals surface area contributed by atoms with Crippen LogP contribution in [0.1, 0.15) is 22.1 Å². The molecule has 0 aliphatic carbocycles. The maximum Gasteiger partial charge on any atom is 0.340 e. The van der Waals surface area contributed by atoms with E-state index in [0.717, 1.165) is 6.07 Å². The molecular weight excluding hydrogens is 241 g/mol. The molecule has 0 amide bonds. The van der Waals surface area contributed by atoms with Crippen molar-refractivity contribution >= 4 is 11.7 Å². The van der Waals surface area contributed by atoms with Crippen LogP contribution in [-0.4, -0.2) is 21.2 Å². The van der Waals surface area contributed by atoms with Crippen LogP contribution in [0.4, 0.5) is 10.1 Å². The number of nitrogens with zero attached hydrogens (tertiary/aromatic N) is 2. The summed E-state index contributed by atoms with van der Waals surface area (Å²) in [5.74, 6) is -1.35. The molecule has 7 heteroatoms. The molecule has 1 aromatic carbocycles. The summed E-state index contributed by atoms with van der Waals surface area (Å²) in [7, 11) is 0. The molecule has 0 radical (unpaired) electrons. The topological polar surface area (TPSA) is 88.2 Å². The molecule has 18 heavy (non-hydrogen) atoms. The molecular formula is C11H10FN3O3. The van der Waals surface area contributed by atoms with E-state index >= 15 is 0 Å². The number of halogens is 1. The number of carboxylic acid groups (broad SMARTS) is 1. The Labute approximate surface area is 101 Å². The minimum absolute atomic E-state index is 0.154. The number of anilines is 1. The number of aromatic carboxylic acids is 1. The van der Waals surface area contributed by atoms with Crippen LogP contribution < -0.4 is 5.32 Å². The smallest absolute Gasteiger partial charge is 0.340 e. The largest absolute Gasteiger partial charge is 0.478 e. The molecule has 0 saturated heterocycles. The van der Waals surface area contributed by atoms with Crippen molar-refractivity contribution in [2.45, 2.75) is 13.5 Å². The second kappa shape index (κ2) is 4.82. The molecule has 1 aromatic heterocycles. The molecule has 94 valence electrons. The van der Waals surface area contributed by atoms with Crippen molar-refractivity contribution in [2.75, 3.05) is 5.32 Å². The van der Waals surface area contributed by atoms with Gasteiger partial charge in [-0.1, -0.05) is 11.2 Å². The summed E-state index contributed by atoms with van der Waals surface area (Å²) in [6, 6.07) is 3.98. The van der Waals surface area contributed by atoms with E-state index in [1.165, 1.54) is 12.1 Å². The van der Waals surface area contributed by atoms with Crippen LogP contribution in [0, 0.1) is 12.7 Å². The molecule has 0 bridgehead atoms. The summed E-state index contributed by atoms with van der Waals surface area (Å²) in [6.45, 7) is 1.79. The van der Waals surface area contributed by atoms with E-state index in [2.05, 4.69) is 15.5 Å². The number of aryl methyl sites for hydroxylation is 1. The molecule has 2 aromatic rings. The summed E-state index contributed by atoms with van der Waals surface area (Å²) in [5.41, 5.74) is -0.234. The normalized spacial score (nSPS) is 10.3. The lowest BCUT2D eigenvalue weighted by atomic mass is 10.1. The van der Waals surface area contributed by atoms with E-state index in [1.807, 2.05) is 0 Å². The van der Waals surface area contributed by atoms with Gasteiger partial charge in [-0.2, -0.15) is 4.98 Å². The number of rotatable bonds is 4. The summed E-state index contributed by atoms with van der Waals surface area (Å²) in [4.78, 5) is 14.9. The lowest BCUT2D eigenvalue weighted by Gasteiger charge is -2.07. The van der Waals surface area contributed by atoms with E-state index < -0.39 is 17.3 Å². The van der Waals surface area contributed by atoms with Crippen LogP contribution >= 0.6 is 0 Å². The van der Waals surface area contributed by atoms with E-state index in [9.17, 15) is 9.18 Å². The molecule has 0 atom stereocenters. The van der Waals surface area contributed by atoms with Gasteiger partial charge in [0.1, 0.15) is 11.4 Å². The highest BCUT2D eigenvalue weighted by atomic mass is 19.1. The number of hydrogen-bond donors (Lipinski definition) is 2. The molecule has 0 spiro atoms. The van der Waals surface area contributed by atoms with Crippen molar-refractivity contribution in [3.8, 4) is 0 Å². The SMILES string of the molecule is Cc1nc(CNc2cccc(F)c2C(=O)O)no1. The van der Waals surface area contributed by atoms with Crippen LogP contribution in [0.3, 0.4) is 0 Å². The van der Waals surface area contributed by atoms with Gasteiger partial charge >= 0.3 is 5.97 Å². The average molecular weight is 251 g/mol. The highest BCUT2D eigenvalue weighted by Crippen LogP contribution is 2.19. The lowest BCUT2D eigenvalue weighted by molar-refractivity contribution is 0.0693. The Balaban J connectivity index is 2.19. The number of carboxylic acids is 1. The maximum absolute atomic E-state index is 13.4. The molecule has 1 heterocycles. The van der Waals surface area contributed by atoms with Crippen molar-refractivity contribution in [1.82, 2.24) is 10.1 Å². The van der Waals surface area contributed by atoms with Crippen LogP contribution in [-0.2, 0) is 6.54 Å². The van der Waals surface area contributed by atoms with Gasteiger partial charge in [-0.25, -0.2) is 9.18 Å². The van der Waals surface area contributed by atoms with Crippen molar-refractivity contribution in [3.05, 3.63) is 41.3 Å². The quantitative estimate of drug-likeness (QED) is 0.861. The Bertz CT molecular complexity index is 583. The molecule has 6 nitrogen and oxygen atoms in total. The Hall–Kier alpha value is -2.44. The fourth-order valence-electron chi connectivity index (χ4n) is 1.48. The van der Waals surface area contributed by atoms with Crippen LogP contribution in [0.15, 0.2) is 22.7 Å². The van der Waals surface area contributed by atoms with Crippen molar-refractivity contribution in [2.24, 2.45) is 0 Å². The van der Waals surface area contributed by atoms with Gasteiger partial charge in [0.05, 0.1) is 12.2 Å². The summed E-state index contributed by atoms with van der Waals surface area (Å²) in [6.07, 6.45) is 0. The first kappa shape index (κ1) is 12.0. The van der Waals surface area contributed by atoms with Gasteiger partial charge < -0.3 is 14.9 Å². The number of benzene rings is 1. The van der Waals surface area contributed by atoms with Crippen LogP contribution in [0.5, 0.6) is 0 Å². The highest BCUT2D eigenvalue weighted by molar-refractivity contribution is 5.94. The third-order valence-corrected chi connectivity index (χ3v) is 2.23. The molecule has 0 aliphatic heterocycles. The molecule has 0 fully saturated rings. The van der Waals surface area contributed by atoms with Crippen LogP contribution in [0.2, 0.25) is 0 Å². The van der Waals surface area contributed by atoms with E-state index in [0.29, 0.717) is 11.7 Å². The van der Waals surface area contributed by atoms with Crippen LogP contribution in [0.25, 0.3) is 0 Å². The molecule has 0 saturated carbocycles. The maximum atomic E-state index is 13.4. The fraction of sp³-hybridized carbons (Fsp3) is 0.182. The first-order chi connectivity index (χ1) is 8.58. The van der Waals surface area contributed by atoms with Gasteiger partial charge in [0.2, 0.25) is 5.89 Å². The Morgan fingerprint density at radius 3 is 2.94 bits per heavy atom. The predicted molar refractivity (Wildman–Crippen MR) is 59.7 cm³/mol. The standard InChI is InChI=1S/C11H10FN3O3/c1-6-14-9(15-18-6)5-13-8-4-2-3-7(12)10(8)11(16)17/h2-4,13H,5H2,1H3,(H,16,17). The van der Waals surface area contributed by atoms with E-state index in [1.54, 1.807) is 6.92 Å². The third kappa shape index (κ3) is 2.45. The molecule has 2 N–H and O–H groups in total. The second-order valence-corrected chi connectivity index (χ2v) is 3.55. The lowest BCUT2D eigenvalue weighted by Crippen LogP contribution is -2.09. The van der Waals surface area contributed by atoms with Crippen molar-refractivity contribution in [1.29, 1.82) is 0 Å². The zero-order chi connectivity index (χ0) is 13.1. The van der Waals surface area contributed by atoms with Gasteiger partial charge in [-0.15, -0.1) is 0 Å². The zero-order valence-electron chi connectivity index (χ0n) is 9.48. The zero-order valence-corrected chi connectivity index (χ0v) is 9.48. The minimum atomic E-state index is -1.33. The van der Waals surface area contributed by atoms with Gasteiger partial charge in [-0.3, -0.25) is 0 Å². The monoisotopic (exact) mass is 251 g/mol. The average Bonchev–Trinajstić information content (AvgIpc) is 2.72. The van der Waals surface area contributed by atoms with Crippen molar-refractivity contribution in [3.63, 3.8) is 0 Å². The minimum Gasteiger partial charge on any atom is -0.478 e. The van der Waals surface area contributed by atoms with Gasteiger partial charge in [-0.05, 0) is 12.1 Å². The number of hydrogen-bond acceptors (Lipinski definition) is 5. The highest BCUT2D eigenvalue weighted by Gasteiger charge is 2.15. The first-order valence-corrected chi connectivity index (χ1v) is 5.13.